The number of hydrogen-bond acceptors (Lipinski definition) is 1. The first-order chi connectivity index (χ1) is 20.1. The molecule has 0 N–H and O–H groups in total. The molecule has 1 nitrogen and oxygen atoms in total. The lowest BCUT2D eigenvalue weighted by atomic mass is 10.0. The van der Waals surface area contributed by atoms with Crippen molar-refractivity contribution in [3.05, 3.63) is 0 Å². The van der Waals surface area contributed by atoms with Crippen molar-refractivity contribution in [2.75, 3.05) is 19.6 Å². The molecule has 0 aromatic rings. The second-order valence-electron chi connectivity index (χ2n) is 14.8. The zero-order chi connectivity index (χ0) is 30.1. The summed E-state index contributed by atoms with van der Waals surface area (Å²) in [6, 6.07) is 0. The molecule has 248 valence electrons. The summed E-state index contributed by atoms with van der Waals surface area (Å²) in [6.07, 6.45) is 43.7. The third-order valence-corrected chi connectivity index (χ3v) is 9.34. The van der Waals surface area contributed by atoms with Crippen LogP contribution in [0.15, 0.2) is 0 Å². The molecule has 0 rings (SSSR count). The third-order valence-electron chi connectivity index (χ3n) is 9.34. The Bertz CT molecular complexity index is 432. The Morgan fingerprint density at radius 1 is 0.293 bits per heavy atom. The van der Waals surface area contributed by atoms with Crippen molar-refractivity contribution in [1.29, 1.82) is 0 Å². The van der Waals surface area contributed by atoms with Crippen molar-refractivity contribution in [1.82, 2.24) is 4.90 Å². The fourth-order valence-corrected chi connectivity index (χ4v) is 6.41. The van der Waals surface area contributed by atoms with Crippen LogP contribution in [0.2, 0.25) is 0 Å². The molecule has 0 unspecified atom stereocenters. The molecule has 0 atom stereocenters. The van der Waals surface area contributed by atoms with E-state index in [4.69, 9.17) is 0 Å². The molecule has 0 amide bonds. The van der Waals surface area contributed by atoms with Crippen LogP contribution in [-0.2, 0) is 0 Å². The Morgan fingerprint density at radius 2 is 0.512 bits per heavy atom. The summed E-state index contributed by atoms with van der Waals surface area (Å²) in [5, 5.41) is 0. The van der Waals surface area contributed by atoms with Gasteiger partial charge in [-0.3, -0.25) is 0 Å². The van der Waals surface area contributed by atoms with Gasteiger partial charge in [-0.05, 0) is 50.7 Å². The predicted octanol–water partition coefficient (Wildman–Crippen LogP) is 14.3. The fourth-order valence-electron chi connectivity index (χ4n) is 6.41. The fraction of sp³-hybridized carbons (Fsp3) is 1.00. The minimum absolute atomic E-state index is 0.883. The van der Waals surface area contributed by atoms with E-state index in [0.29, 0.717) is 0 Å². The van der Waals surface area contributed by atoms with Gasteiger partial charge in [-0.2, -0.15) is 0 Å². The molecular weight excluding hydrogens is 494 g/mol. The topological polar surface area (TPSA) is 3.24 Å². The Labute approximate surface area is 263 Å². The van der Waals surface area contributed by atoms with Crippen molar-refractivity contribution < 1.29 is 0 Å². The molecule has 0 aromatic carbocycles. The van der Waals surface area contributed by atoms with Gasteiger partial charge in [0.2, 0.25) is 0 Å². The molecule has 0 saturated carbocycles. The molecular formula is C40H83N. The van der Waals surface area contributed by atoms with Crippen LogP contribution in [0.1, 0.15) is 227 Å². The molecule has 0 aliphatic heterocycles. The molecule has 1 heteroatoms. The minimum atomic E-state index is 0.883. The number of rotatable bonds is 35. The number of unbranched alkanes of at least 4 members (excludes halogenated alkanes) is 25. The summed E-state index contributed by atoms with van der Waals surface area (Å²) in [4.78, 5) is 2.85. The van der Waals surface area contributed by atoms with E-state index in [-0.39, 0.29) is 0 Å². The van der Waals surface area contributed by atoms with Crippen LogP contribution in [-0.4, -0.2) is 24.5 Å². The maximum Gasteiger partial charge on any atom is -0.00187 e. The van der Waals surface area contributed by atoms with Crippen molar-refractivity contribution in [2.45, 2.75) is 227 Å². The normalized spacial score (nSPS) is 12.0. The minimum Gasteiger partial charge on any atom is -0.303 e. The van der Waals surface area contributed by atoms with E-state index in [1.807, 2.05) is 0 Å². The van der Waals surface area contributed by atoms with Gasteiger partial charge in [0.05, 0.1) is 0 Å². The molecule has 0 radical (unpaired) electrons. The predicted molar refractivity (Wildman–Crippen MR) is 190 cm³/mol. The van der Waals surface area contributed by atoms with Gasteiger partial charge in [0.1, 0.15) is 0 Å². The average molecular weight is 578 g/mol. The Hall–Kier alpha value is -0.0400. The van der Waals surface area contributed by atoms with Crippen LogP contribution < -0.4 is 0 Å². The van der Waals surface area contributed by atoms with E-state index in [2.05, 4.69) is 39.5 Å². The van der Waals surface area contributed by atoms with Crippen LogP contribution >= 0.6 is 0 Å². The summed E-state index contributed by atoms with van der Waals surface area (Å²) in [7, 11) is 0. The highest BCUT2D eigenvalue weighted by Gasteiger charge is 2.05. The van der Waals surface area contributed by atoms with E-state index < -0.39 is 0 Å². The summed E-state index contributed by atoms with van der Waals surface area (Å²) < 4.78 is 0. The maximum absolute atomic E-state index is 2.85. The van der Waals surface area contributed by atoms with Gasteiger partial charge >= 0.3 is 0 Å². The summed E-state index contributed by atoms with van der Waals surface area (Å²) in [6.45, 7) is 15.8. The van der Waals surface area contributed by atoms with E-state index in [0.717, 1.165) is 11.8 Å². The SMILES string of the molecule is CCCCCCCCCCCCCCCCCCN(CCCCCCCCC(C)C)CCCCCCCCC(C)C. The Kier molecular flexibility index (Phi) is 34.4. The first-order valence-corrected chi connectivity index (χ1v) is 19.8. The molecule has 0 fully saturated rings. The van der Waals surface area contributed by atoms with Crippen molar-refractivity contribution in [3.8, 4) is 0 Å². The lowest BCUT2D eigenvalue weighted by molar-refractivity contribution is 0.254. The van der Waals surface area contributed by atoms with Crippen molar-refractivity contribution in [3.63, 3.8) is 0 Å². The van der Waals surface area contributed by atoms with E-state index >= 15 is 0 Å². The maximum atomic E-state index is 2.85. The van der Waals surface area contributed by atoms with Gasteiger partial charge in [0.15, 0.2) is 0 Å². The molecule has 0 saturated heterocycles. The van der Waals surface area contributed by atoms with Crippen LogP contribution in [0.3, 0.4) is 0 Å². The van der Waals surface area contributed by atoms with Crippen molar-refractivity contribution in [2.24, 2.45) is 11.8 Å². The van der Waals surface area contributed by atoms with Gasteiger partial charge in [0, 0.05) is 0 Å². The molecule has 41 heavy (non-hydrogen) atoms. The number of nitrogens with zero attached hydrogens (tertiary/aromatic N) is 1. The molecule has 0 aliphatic rings. The number of hydrogen-bond donors (Lipinski definition) is 0. The largest absolute Gasteiger partial charge is 0.303 e. The van der Waals surface area contributed by atoms with Crippen LogP contribution in [0.25, 0.3) is 0 Å². The monoisotopic (exact) mass is 578 g/mol. The summed E-state index contributed by atoms with van der Waals surface area (Å²) in [5.41, 5.74) is 0. The highest BCUT2D eigenvalue weighted by atomic mass is 15.1. The smallest absolute Gasteiger partial charge is 0.00187 e. The van der Waals surface area contributed by atoms with Crippen LogP contribution in [0, 0.1) is 11.8 Å². The summed E-state index contributed by atoms with van der Waals surface area (Å²) in [5.74, 6) is 1.77. The van der Waals surface area contributed by atoms with E-state index in [9.17, 15) is 0 Å². The zero-order valence-electron chi connectivity index (χ0n) is 29.9. The van der Waals surface area contributed by atoms with Gasteiger partial charge in [0.25, 0.3) is 0 Å². The molecule has 0 bridgehead atoms. The first kappa shape index (κ1) is 41.0. The van der Waals surface area contributed by atoms with Gasteiger partial charge < -0.3 is 4.90 Å². The van der Waals surface area contributed by atoms with Gasteiger partial charge in [-0.15, -0.1) is 0 Å². The van der Waals surface area contributed by atoms with Crippen LogP contribution in [0.4, 0.5) is 0 Å². The molecule has 0 aromatic heterocycles. The van der Waals surface area contributed by atoms with Crippen LogP contribution in [0.5, 0.6) is 0 Å². The quantitative estimate of drug-likeness (QED) is 0.0677. The van der Waals surface area contributed by atoms with Gasteiger partial charge in [-0.25, -0.2) is 0 Å². The Morgan fingerprint density at radius 3 is 0.756 bits per heavy atom. The van der Waals surface area contributed by atoms with E-state index in [1.165, 1.54) is 212 Å². The van der Waals surface area contributed by atoms with Crippen molar-refractivity contribution >= 4 is 0 Å². The highest BCUT2D eigenvalue weighted by Crippen LogP contribution is 2.16. The summed E-state index contributed by atoms with van der Waals surface area (Å²) >= 11 is 0. The molecule has 0 aliphatic carbocycles. The zero-order valence-corrected chi connectivity index (χ0v) is 29.9. The van der Waals surface area contributed by atoms with Gasteiger partial charge in [-0.1, -0.05) is 208 Å². The first-order valence-electron chi connectivity index (χ1n) is 19.8. The average Bonchev–Trinajstić information content (AvgIpc) is 2.94. The standard InChI is InChI=1S/C40H83N/c1-6-7-8-9-10-11-12-13-14-15-16-17-18-21-26-31-36-41(37-32-27-22-19-24-29-34-39(2)3)38-33-28-23-20-25-30-35-40(4)5/h39-40H,6-38H2,1-5H3. The molecule has 0 heterocycles. The Balaban J connectivity index is 3.82. The second kappa shape index (κ2) is 34.5. The highest BCUT2D eigenvalue weighted by molar-refractivity contribution is 4.61. The van der Waals surface area contributed by atoms with E-state index in [1.54, 1.807) is 0 Å². The lowest BCUT2D eigenvalue weighted by Gasteiger charge is -2.22. The second-order valence-corrected chi connectivity index (χ2v) is 14.8. The molecule has 0 spiro atoms. The third kappa shape index (κ3) is 36.1. The lowest BCUT2D eigenvalue weighted by Crippen LogP contribution is -2.27.